The molecule has 2 rings (SSSR count). The molecule has 1 fully saturated rings. The van der Waals surface area contributed by atoms with Crippen LogP contribution in [-0.4, -0.2) is 33.9 Å². The van der Waals surface area contributed by atoms with Crippen molar-refractivity contribution in [1.29, 1.82) is 0 Å². The number of hydrogen-bond acceptors (Lipinski definition) is 4. The van der Waals surface area contributed by atoms with E-state index >= 15 is 0 Å². The maximum Gasteiger partial charge on any atom is 0.238 e. The van der Waals surface area contributed by atoms with E-state index < -0.39 is 10.0 Å². The van der Waals surface area contributed by atoms with Crippen molar-refractivity contribution in [3.63, 3.8) is 0 Å². The number of nitrogens with zero attached hydrogens (tertiary/aromatic N) is 1. The van der Waals surface area contributed by atoms with E-state index in [0.717, 1.165) is 0 Å². The van der Waals surface area contributed by atoms with Gasteiger partial charge in [-0.25, -0.2) is 8.42 Å². The van der Waals surface area contributed by atoms with E-state index in [0.29, 0.717) is 37.4 Å². The molecule has 0 saturated carbocycles. The smallest absolute Gasteiger partial charge is 0.238 e. The normalized spacial score (nSPS) is 17.6. The molecule has 2 N–H and O–H groups in total. The van der Waals surface area contributed by atoms with Gasteiger partial charge in [-0.3, -0.25) is 4.31 Å². The number of hydrogen-bond donors (Lipinski definition) is 1. The molecule has 1 aromatic rings. The predicted octanol–water partition coefficient (Wildman–Crippen LogP) is 1.21. The summed E-state index contributed by atoms with van der Waals surface area (Å²) in [5.74, 6) is 0. The third kappa shape index (κ3) is 2.44. The zero-order valence-corrected chi connectivity index (χ0v) is 11.2. The van der Waals surface area contributed by atoms with Crippen LogP contribution >= 0.6 is 0 Å². The Balaban J connectivity index is 2.27. The first kappa shape index (κ1) is 13.2. The summed E-state index contributed by atoms with van der Waals surface area (Å²) in [4.78, 5) is 0. The van der Waals surface area contributed by atoms with Crippen LogP contribution in [0.5, 0.6) is 0 Å². The Hall–Kier alpha value is -1.27. The van der Waals surface area contributed by atoms with Gasteiger partial charge in [0, 0.05) is 20.3 Å². The van der Waals surface area contributed by atoms with Gasteiger partial charge in [-0.2, -0.15) is 0 Å². The number of benzene rings is 1. The van der Waals surface area contributed by atoms with Crippen molar-refractivity contribution in [2.45, 2.75) is 18.1 Å². The quantitative estimate of drug-likeness (QED) is 0.838. The van der Waals surface area contributed by atoms with Crippen LogP contribution in [0.3, 0.4) is 0 Å². The SMILES string of the molecule is CN(c1ccccc1N)S(=O)(=O)C1CCOCC1. The van der Waals surface area contributed by atoms with Gasteiger partial charge in [0.1, 0.15) is 0 Å². The predicted molar refractivity (Wildman–Crippen MR) is 72.0 cm³/mol. The average Bonchev–Trinajstić information content (AvgIpc) is 2.39. The fraction of sp³-hybridized carbons (Fsp3) is 0.500. The first-order valence-electron chi connectivity index (χ1n) is 5.93. The van der Waals surface area contributed by atoms with E-state index in [2.05, 4.69) is 0 Å². The van der Waals surface area contributed by atoms with Gasteiger partial charge in [0.15, 0.2) is 0 Å². The van der Waals surface area contributed by atoms with Crippen molar-refractivity contribution in [2.24, 2.45) is 0 Å². The molecule has 1 aliphatic heterocycles. The van der Waals surface area contributed by atoms with Gasteiger partial charge >= 0.3 is 0 Å². The van der Waals surface area contributed by atoms with Crippen molar-refractivity contribution in [2.75, 3.05) is 30.3 Å². The van der Waals surface area contributed by atoms with Crippen LogP contribution < -0.4 is 10.0 Å². The Bertz CT molecular complexity index is 510. The number of rotatable bonds is 3. The zero-order valence-electron chi connectivity index (χ0n) is 10.4. The third-order valence-corrected chi connectivity index (χ3v) is 5.52. The molecule has 6 heteroatoms. The van der Waals surface area contributed by atoms with Crippen LogP contribution in [0.25, 0.3) is 0 Å². The lowest BCUT2D eigenvalue weighted by molar-refractivity contribution is 0.0983. The number of anilines is 2. The van der Waals surface area contributed by atoms with E-state index in [1.807, 2.05) is 0 Å². The molecule has 0 radical (unpaired) electrons. The molecule has 0 atom stereocenters. The minimum atomic E-state index is -3.36. The summed E-state index contributed by atoms with van der Waals surface area (Å²) in [6, 6.07) is 6.98. The number of nitrogens with two attached hydrogens (primary N) is 1. The molecule has 100 valence electrons. The first-order chi connectivity index (χ1) is 8.53. The number of sulfonamides is 1. The fourth-order valence-corrected chi connectivity index (χ4v) is 3.78. The largest absolute Gasteiger partial charge is 0.397 e. The highest BCUT2D eigenvalue weighted by atomic mass is 32.2. The van der Waals surface area contributed by atoms with Gasteiger partial charge in [0.05, 0.1) is 16.6 Å². The summed E-state index contributed by atoms with van der Waals surface area (Å²) >= 11 is 0. The molecule has 1 aliphatic rings. The van der Waals surface area contributed by atoms with Crippen LogP contribution in [0, 0.1) is 0 Å². The first-order valence-corrected chi connectivity index (χ1v) is 7.44. The minimum Gasteiger partial charge on any atom is -0.397 e. The van der Waals surface area contributed by atoms with Gasteiger partial charge in [-0.1, -0.05) is 12.1 Å². The third-order valence-electron chi connectivity index (χ3n) is 3.25. The molecule has 0 aromatic heterocycles. The number of nitrogen functional groups attached to an aromatic ring is 1. The van der Waals surface area contributed by atoms with E-state index in [-0.39, 0.29) is 5.25 Å². The molecular weight excluding hydrogens is 252 g/mol. The van der Waals surface area contributed by atoms with Gasteiger partial charge in [-0.05, 0) is 25.0 Å². The molecule has 18 heavy (non-hydrogen) atoms. The van der Waals surface area contributed by atoms with E-state index in [1.54, 1.807) is 31.3 Å². The molecular formula is C12H18N2O3S. The van der Waals surface area contributed by atoms with Gasteiger partial charge in [0.25, 0.3) is 0 Å². The minimum absolute atomic E-state index is 0.379. The maximum atomic E-state index is 12.5. The molecule has 0 unspecified atom stereocenters. The summed E-state index contributed by atoms with van der Waals surface area (Å²) in [6.07, 6.45) is 1.08. The van der Waals surface area contributed by atoms with Gasteiger partial charge < -0.3 is 10.5 Å². The molecule has 1 aromatic carbocycles. The summed E-state index contributed by atoms with van der Waals surface area (Å²) in [5.41, 5.74) is 6.82. The molecule has 1 saturated heterocycles. The van der Waals surface area contributed by atoms with Crippen molar-refractivity contribution in [1.82, 2.24) is 0 Å². The Kier molecular flexibility index (Phi) is 3.77. The van der Waals surface area contributed by atoms with E-state index in [1.165, 1.54) is 4.31 Å². The van der Waals surface area contributed by atoms with Crippen LogP contribution in [0.15, 0.2) is 24.3 Å². The van der Waals surface area contributed by atoms with Crippen LogP contribution in [-0.2, 0) is 14.8 Å². The molecule has 5 nitrogen and oxygen atoms in total. The highest BCUT2D eigenvalue weighted by Gasteiger charge is 2.32. The Morgan fingerprint density at radius 2 is 1.89 bits per heavy atom. The number of ether oxygens (including phenoxy) is 1. The lowest BCUT2D eigenvalue weighted by atomic mass is 10.2. The average molecular weight is 270 g/mol. The van der Waals surface area contributed by atoms with Crippen LogP contribution in [0.4, 0.5) is 11.4 Å². The highest BCUT2D eigenvalue weighted by molar-refractivity contribution is 7.93. The summed E-state index contributed by atoms with van der Waals surface area (Å²) in [7, 11) is -1.81. The standard InChI is InChI=1S/C12H18N2O3S/c1-14(12-5-3-2-4-11(12)13)18(15,16)10-6-8-17-9-7-10/h2-5,10H,6-9,13H2,1H3. The van der Waals surface area contributed by atoms with Crippen LogP contribution in [0.2, 0.25) is 0 Å². The Labute approximate surface area is 108 Å². The number of para-hydroxylation sites is 2. The zero-order chi connectivity index (χ0) is 13.2. The van der Waals surface area contributed by atoms with Crippen molar-refractivity contribution < 1.29 is 13.2 Å². The highest BCUT2D eigenvalue weighted by Crippen LogP contribution is 2.27. The molecule has 0 bridgehead atoms. The molecule has 0 spiro atoms. The molecule has 0 aliphatic carbocycles. The second-order valence-corrected chi connectivity index (χ2v) is 6.63. The van der Waals surface area contributed by atoms with E-state index in [9.17, 15) is 8.42 Å². The van der Waals surface area contributed by atoms with Crippen molar-refractivity contribution >= 4 is 21.4 Å². The monoisotopic (exact) mass is 270 g/mol. The summed E-state index contributed by atoms with van der Waals surface area (Å²) in [6.45, 7) is 1.00. The lowest BCUT2D eigenvalue weighted by Gasteiger charge is -2.29. The second kappa shape index (κ2) is 5.16. The van der Waals surface area contributed by atoms with E-state index in [4.69, 9.17) is 10.5 Å². The Morgan fingerprint density at radius 3 is 2.50 bits per heavy atom. The van der Waals surface area contributed by atoms with Gasteiger partial charge in [-0.15, -0.1) is 0 Å². The lowest BCUT2D eigenvalue weighted by Crippen LogP contribution is -2.39. The van der Waals surface area contributed by atoms with Gasteiger partial charge in [0.2, 0.25) is 10.0 Å². The van der Waals surface area contributed by atoms with Crippen molar-refractivity contribution in [3.8, 4) is 0 Å². The fourth-order valence-electron chi connectivity index (χ4n) is 2.11. The van der Waals surface area contributed by atoms with Crippen LogP contribution in [0.1, 0.15) is 12.8 Å². The summed E-state index contributed by atoms with van der Waals surface area (Å²) < 4.78 is 31.4. The Morgan fingerprint density at radius 1 is 1.28 bits per heavy atom. The molecule has 0 amide bonds. The second-order valence-electron chi connectivity index (χ2n) is 4.38. The maximum absolute atomic E-state index is 12.5. The molecule has 1 heterocycles. The van der Waals surface area contributed by atoms with Crippen molar-refractivity contribution in [3.05, 3.63) is 24.3 Å². The topological polar surface area (TPSA) is 72.6 Å². The summed E-state index contributed by atoms with van der Waals surface area (Å²) in [5, 5.41) is -0.379.